The van der Waals surface area contributed by atoms with E-state index in [0.717, 1.165) is 12.8 Å². The van der Waals surface area contributed by atoms with E-state index in [1.54, 1.807) is 4.57 Å². The number of carbonyl (C=O) groups is 2. The molecule has 0 spiro atoms. The Morgan fingerprint density at radius 2 is 1.97 bits per heavy atom. The molecular formula is C22H30N6O7S. The van der Waals surface area contributed by atoms with Crippen LogP contribution in [0.5, 0.6) is 0 Å². The van der Waals surface area contributed by atoms with Crippen molar-refractivity contribution in [3.63, 3.8) is 0 Å². The summed E-state index contributed by atoms with van der Waals surface area (Å²) in [6.45, 7) is 6.43. The maximum Gasteiger partial charge on any atom is 0.303 e. The summed E-state index contributed by atoms with van der Waals surface area (Å²) in [4.78, 5) is 37.1. The third-order valence-electron chi connectivity index (χ3n) is 5.69. The predicted octanol–water partition coefficient (Wildman–Crippen LogP) is 1.09. The van der Waals surface area contributed by atoms with E-state index in [4.69, 9.17) is 35.9 Å². The van der Waals surface area contributed by atoms with Gasteiger partial charge in [0, 0.05) is 27.0 Å². The first-order valence-electron chi connectivity index (χ1n) is 11.8. The van der Waals surface area contributed by atoms with E-state index in [9.17, 15) is 9.59 Å². The van der Waals surface area contributed by atoms with Gasteiger partial charge >= 0.3 is 11.9 Å². The molecule has 2 aliphatic rings. The molecule has 0 unspecified atom stereocenters. The number of fused-ring (bicyclic) bond motifs is 1. The molecule has 14 heteroatoms. The van der Waals surface area contributed by atoms with E-state index in [2.05, 4.69) is 25.6 Å². The van der Waals surface area contributed by atoms with Crippen molar-refractivity contribution in [2.45, 2.75) is 64.2 Å². The molecule has 196 valence electrons. The Labute approximate surface area is 213 Å². The number of nitrogens with one attached hydrogen (secondary N) is 2. The smallest absolute Gasteiger partial charge is 0.303 e. The standard InChI is InChI=1S/C22H30N6O7S/c1-4-6-23-22(36)32-9-15-17(33-12(2)29)18(34-13(3)30)21(35-15)28-11-26-16-19(24-10-25-20(16)28)27-14-5-7-31-8-14/h10-11,14-15,17-18,21H,4-9H2,1-3H3,(H,23,36)(H,24,25,27)/t14-,15-,17-,18-,21-/m1/s1. The van der Waals surface area contributed by atoms with E-state index in [1.165, 1.54) is 26.5 Å². The fourth-order valence-electron chi connectivity index (χ4n) is 4.14. The molecule has 2 fully saturated rings. The second-order valence-corrected chi connectivity index (χ2v) is 8.86. The van der Waals surface area contributed by atoms with Gasteiger partial charge in [0.1, 0.15) is 19.0 Å². The molecule has 0 aliphatic carbocycles. The fraction of sp³-hybridized carbons (Fsp3) is 0.636. The molecule has 0 amide bonds. The highest BCUT2D eigenvalue weighted by Gasteiger charge is 2.51. The zero-order valence-corrected chi connectivity index (χ0v) is 21.2. The minimum absolute atomic E-state index is 0.0299. The van der Waals surface area contributed by atoms with Crippen LogP contribution in [-0.2, 0) is 33.3 Å². The van der Waals surface area contributed by atoms with Crippen molar-refractivity contribution in [2.75, 3.05) is 31.7 Å². The average molecular weight is 523 g/mol. The van der Waals surface area contributed by atoms with E-state index in [0.29, 0.717) is 36.7 Å². The molecule has 0 aromatic carbocycles. The van der Waals surface area contributed by atoms with Gasteiger partial charge in [-0.15, -0.1) is 0 Å². The third kappa shape index (κ3) is 5.99. The molecule has 2 aromatic heterocycles. The largest absolute Gasteiger partial charge is 0.468 e. The Bertz CT molecular complexity index is 1090. The zero-order valence-electron chi connectivity index (χ0n) is 20.3. The number of hydrogen-bond donors (Lipinski definition) is 2. The van der Waals surface area contributed by atoms with Crippen LogP contribution in [0.1, 0.15) is 39.8 Å². The molecule has 2 saturated heterocycles. The fourth-order valence-corrected chi connectivity index (χ4v) is 4.31. The maximum absolute atomic E-state index is 12.0. The van der Waals surface area contributed by atoms with Gasteiger partial charge < -0.3 is 34.3 Å². The first-order chi connectivity index (χ1) is 17.4. The number of rotatable bonds is 9. The summed E-state index contributed by atoms with van der Waals surface area (Å²) >= 11 is 5.20. The van der Waals surface area contributed by atoms with Crippen LogP contribution < -0.4 is 10.6 Å². The van der Waals surface area contributed by atoms with Crippen LogP contribution >= 0.6 is 12.2 Å². The Kier molecular flexibility index (Phi) is 8.48. The molecule has 2 aromatic rings. The van der Waals surface area contributed by atoms with Gasteiger partial charge in [0.2, 0.25) is 0 Å². The molecule has 2 N–H and O–H groups in total. The molecule has 4 heterocycles. The van der Waals surface area contributed by atoms with Crippen LogP contribution in [0.2, 0.25) is 0 Å². The van der Waals surface area contributed by atoms with Crippen LogP contribution in [0, 0.1) is 0 Å². The van der Waals surface area contributed by atoms with E-state index >= 15 is 0 Å². The van der Waals surface area contributed by atoms with Gasteiger partial charge in [-0.05, 0) is 25.1 Å². The lowest BCUT2D eigenvalue weighted by Gasteiger charge is -2.24. The monoisotopic (exact) mass is 522 g/mol. The van der Waals surface area contributed by atoms with Crippen molar-refractivity contribution >= 4 is 46.3 Å². The highest BCUT2D eigenvalue weighted by atomic mass is 32.1. The summed E-state index contributed by atoms with van der Waals surface area (Å²) in [5, 5.41) is 6.50. The molecule has 0 bridgehead atoms. The summed E-state index contributed by atoms with van der Waals surface area (Å²) in [6, 6.07) is 0.116. The number of anilines is 1. The number of nitrogens with zero attached hydrogens (tertiary/aromatic N) is 4. The quantitative estimate of drug-likeness (QED) is 0.358. The highest BCUT2D eigenvalue weighted by Crippen LogP contribution is 2.36. The van der Waals surface area contributed by atoms with Gasteiger partial charge in [0.05, 0.1) is 19.0 Å². The van der Waals surface area contributed by atoms with Gasteiger partial charge in [-0.3, -0.25) is 14.2 Å². The van der Waals surface area contributed by atoms with Crippen molar-refractivity contribution in [2.24, 2.45) is 0 Å². The van der Waals surface area contributed by atoms with Gasteiger partial charge in [-0.2, -0.15) is 0 Å². The van der Waals surface area contributed by atoms with Crippen LogP contribution in [0.15, 0.2) is 12.7 Å². The average Bonchev–Trinajstić information content (AvgIpc) is 3.57. The third-order valence-corrected chi connectivity index (χ3v) is 5.95. The van der Waals surface area contributed by atoms with Gasteiger partial charge in [-0.25, -0.2) is 15.0 Å². The number of ether oxygens (including phenoxy) is 5. The Balaban J connectivity index is 1.62. The Morgan fingerprint density at radius 1 is 1.19 bits per heavy atom. The maximum atomic E-state index is 12.0. The van der Waals surface area contributed by atoms with Gasteiger partial charge in [0.25, 0.3) is 5.17 Å². The molecule has 2 aliphatic heterocycles. The van der Waals surface area contributed by atoms with Crippen molar-refractivity contribution in [3.8, 4) is 0 Å². The molecule has 36 heavy (non-hydrogen) atoms. The normalized spacial score (nSPS) is 25.5. The van der Waals surface area contributed by atoms with E-state index < -0.39 is 36.5 Å². The van der Waals surface area contributed by atoms with E-state index in [1.807, 2.05) is 6.92 Å². The van der Waals surface area contributed by atoms with Crippen LogP contribution in [0.4, 0.5) is 5.82 Å². The summed E-state index contributed by atoms with van der Waals surface area (Å²) in [5.74, 6) is -0.559. The van der Waals surface area contributed by atoms with Crippen LogP contribution in [0.3, 0.4) is 0 Å². The number of aromatic nitrogens is 4. The van der Waals surface area contributed by atoms with Gasteiger partial charge in [0.15, 0.2) is 35.4 Å². The van der Waals surface area contributed by atoms with Crippen molar-refractivity contribution < 1.29 is 33.3 Å². The number of esters is 2. The second-order valence-electron chi connectivity index (χ2n) is 8.49. The second kappa shape index (κ2) is 11.8. The lowest BCUT2D eigenvalue weighted by atomic mass is 10.1. The van der Waals surface area contributed by atoms with Crippen LogP contribution in [0.25, 0.3) is 11.2 Å². The summed E-state index contributed by atoms with van der Waals surface area (Å²) < 4.78 is 30.0. The van der Waals surface area contributed by atoms with E-state index in [-0.39, 0.29) is 17.8 Å². The predicted molar refractivity (Wildman–Crippen MR) is 130 cm³/mol. The number of hydrogen-bond acceptors (Lipinski definition) is 12. The minimum Gasteiger partial charge on any atom is -0.468 e. The number of thiocarbonyl (C=S) groups is 1. The highest BCUT2D eigenvalue weighted by molar-refractivity contribution is 7.80. The van der Waals surface area contributed by atoms with Crippen molar-refractivity contribution in [3.05, 3.63) is 12.7 Å². The molecule has 0 saturated carbocycles. The molecular weight excluding hydrogens is 492 g/mol. The first-order valence-corrected chi connectivity index (χ1v) is 12.2. The zero-order chi connectivity index (χ0) is 25.7. The lowest BCUT2D eigenvalue weighted by Crippen LogP contribution is -2.41. The Hall–Kier alpha value is -3.10. The molecule has 13 nitrogen and oxygen atoms in total. The molecule has 5 atom stereocenters. The SMILES string of the molecule is CCCNC(=S)OC[C@H]1O[C@@H](n2cnc3c(N[C@@H]4CCOC4)ncnc32)[C@H](OC(C)=O)[C@@H]1OC(C)=O. The molecule has 4 rings (SSSR count). The molecule has 0 radical (unpaired) electrons. The summed E-state index contributed by atoms with van der Waals surface area (Å²) in [7, 11) is 0. The first kappa shape index (κ1) is 26.0. The minimum atomic E-state index is -0.982. The van der Waals surface area contributed by atoms with Gasteiger partial charge in [-0.1, -0.05) is 6.92 Å². The van der Waals surface area contributed by atoms with Crippen molar-refractivity contribution in [1.29, 1.82) is 0 Å². The number of carbonyl (C=O) groups excluding carboxylic acids is 2. The lowest BCUT2D eigenvalue weighted by molar-refractivity contribution is -0.165. The van der Waals surface area contributed by atoms with Crippen molar-refractivity contribution in [1.82, 2.24) is 24.8 Å². The summed E-state index contributed by atoms with van der Waals surface area (Å²) in [5.41, 5.74) is 0.972. The number of imidazole rings is 1. The van der Waals surface area contributed by atoms with Crippen LogP contribution in [-0.4, -0.2) is 87.4 Å². The summed E-state index contributed by atoms with van der Waals surface area (Å²) in [6.07, 6.45) is 1.06. The Morgan fingerprint density at radius 3 is 2.67 bits per heavy atom. The topological polar surface area (TPSA) is 148 Å².